The van der Waals surface area contributed by atoms with Gasteiger partial charge in [0.1, 0.15) is 6.04 Å². The van der Waals surface area contributed by atoms with Crippen molar-refractivity contribution in [2.24, 2.45) is 0 Å². The molecule has 13 heteroatoms. The van der Waals surface area contributed by atoms with Crippen molar-refractivity contribution in [1.82, 2.24) is 9.21 Å². The maximum Gasteiger partial charge on any atom is 0.247 e. The zero-order valence-electron chi connectivity index (χ0n) is 19.8. The molecule has 1 atom stereocenters. The number of carbonyl (C=O) groups is 1. The molecule has 1 saturated heterocycles. The molecule has 0 aliphatic carbocycles. The lowest BCUT2D eigenvalue weighted by Gasteiger charge is -2.32. The topological polar surface area (TPSA) is 107 Å². The van der Waals surface area contributed by atoms with Gasteiger partial charge in [-0.1, -0.05) is 6.07 Å². The van der Waals surface area contributed by atoms with Gasteiger partial charge in [0.2, 0.25) is 26.0 Å². The Morgan fingerprint density at radius 3 is 2.20 bits per heavy atom. The van der Waals surface area contributed by atoms with Gasteiger partial charge in [-0.3, -0.25) is 9.10 Å². The number of piperazine rings is 1. The molecule has 0 bridgehead atoms. The molecule has 1 fully saturated rings. The molecule has 0 aromatic heterocycles. The molecule has 1 heterocycles. The molecule has 1 unspecified atom stereocenters. The molecule has 1 amide bonds. The summed E-state index contributed by atoms with van der Waals surface area (Å²) in [6.07, 6.45) is 0.838. The van der Waals surface area contributed by atoms with Crippen molar-refractivity contribution in [3.05, 3.63) is 53.6 Å². The van der Waals surface area contributed by atoms with E-state index in [0.717, 1.165) is 18.4 Å². The number of hydrogen-bond donors (Lipinski definition) is 1. The summed E-state index contributed by atoms with van der Waals surface area (Å²) in [7, 11) is -5.97. The second kappa shape index (κ2) is 10.2. The Balaban J connectivity index is 1.88. The predicted octanol–water partition coefficient (Wildman–Crippen LogP) is 2.00. The zero-order chi connectivity index (χ0) is 26.1. The van der Waals surface area contributed by atoms with Crippen LogP contribution in [0.4, 0.5) is 20.2 Å². The van der Waals surface area contributed by atoms with Crippen LogP contribution in [-0.4, -0.2) is 77.5 Å². The molecule has 0 saturated carbocycles. The van der Waals surface area contributed by atoms with E-state index in [-0.39, 0.29) is 16.3 Å². The number of benzene rings is 2. The molecule has 3 rings (SSSR count). The Labute approximate surface area is 204 Å². The fraction of sp³-hybridized carbons (Fsp3) is 0.409. The summed E-state index contributed by atoms with van der Waals surface area (Å²) < 4.78 is 80.4. The lowest BCUT2D eigenvalue weighted by molar-refractivity contribution is -0.116. The molecule has 35 heavy (non-hydrogen) atoms. The van der Waals surface area contributed by atoms with Crippen LogP contribution < -0.4 is 9.62 Å². The van der Waals surface area contributed by atoms with Gasteiger partial charge in [0.15, 0.2) is 11.6 Å². The number of sulfonamides is 2. The van der Waals surface area contributed by atoms with Crippen molar-refractivity contribution in [3.8, 4) is 0 Å². The van der Waals surface area contributed by atoms with E-state index in [0.29, 0.717) is 42.1 Å². The molecule has 1 aliphatic heterocycles. The Bertz CT molecular complexity index is 1330. The minimum atomic E-state index is -4.06. The maximum absolute atomic E-state index is 13.7. The molecule has 2 aromatic carbocycles. The van der Waals surface area contributed by atoms with E-state index in [1.165, 1.54) is 23.4 Å². The van der Waals surface area contributed by atoms with Gasteiger partial charge in [0.05, 0.1) is 16.8 Å². The van der Waals surface area contributed by atoms with Crippen LogP contribution in [0.1, 0.15) is 12.5 Å². The zero-order valence-corrected chi connectivity index (χ0v) is 21.5. The summed E-state index contributed by atoms with van der Waals surface area (Å²) in [5.41, 5.74) is 0.421. The molecule has 0 radical (unpaired) electrons. The van der Waals surface area contributed by atoms with Crippen LogP contribution >= 0.6 is 0 Å². The number of halogens is 2. The highest BCUT2D eigenvalue weighted by Crippen LogP contribution is 2.26. The molecular formula is C22H28F2N4O5S2. The van der Waals surface area contributed by atoms with Crippen LogP contribution in [-0.2, 0) is 24.8 Å². The second-order valence-corrected chi connectivity index (χ2v) is 12.3. The Kier molecular flexibility index (Phi) is 7.84. The number of rotatable bonds is 7. The number of likely N-dealkylation sites (N-methyl/N-ethyl adjacent to an activating group) is 1. The van der Waals surface area contributed by atoms with Crippen LogP contribution in [0.3, 0.4) is 0 Å². The fourth-order valence-corrected chi connectivity index (χ4v) is 6.64. The van der Waals surface area contributed by atoms with Crippen molar-refractivity contribution < 1.29 is 30.4 Å². The van der Waals surface area contributed by atoms with Crippen LogP contribution in [0.25, 0.3) is 0 Å². The fourth-order valence-electron chi connectivity index (χ4n) is 3.80. The minimum Gasteiger partial charge on any atom is -0.324 e. The number of nitrogens with zero attached hydrogens (tertiary/aromatic N) is 3. The maximum atomic E-state index is 13.7. The van der Waals surface area contributed by atoms with Gasteiger partial charge in [-0.2, -0.15) is 4.31 Å². The van der Waals surface area contributed by atoms with Gasteiger partial charge in [-0.25, -0.2) is 25.6 Å². The van der Waals surface area contributed by atoms with Gasteiger partial charge < -0.3 is 10.2 Å². The lowest BCUT2D eigenvalue weighted by Crippen LogP contribution is -2.47. The third kappa shape index (κ3) is 5.97. The summed E-state index contributed by atoms with van der Waals surface area (Å²) in [5.74, 6) is -3.21. The number of hydrogen-bond acceptors (Lipinski definition) is 6. The van der Waals surface area contributed by atoms with Crippen molar-refractivity contribution >= 4 is 37.3 Å². The minimum absolute atomic E-state index is 0.0353. The first kappa shape index (κ1) is 27.0. The van der Waals surface area contributed by atoms with Gasteiger partial charge >= 0.3 is 0 Å². The summed E-state index contributed by atoms with van der Waals surface area (Å²) in [6.45, 7) is 4.79. The highest BCUT2D eigenvalue weighted by molar-refractivity contribution is 7.92. The molecular weight excluding hydrogens is 502 g/mol. The van der Waals surface area contributed by atoms with Crippen molar-refractivity contribution in [3.63, 3.8) is 0 Å². The molecule has 1 N–H and O–H groups in total. The predicted molar refractivity (Wildman–Crippen MR) is 129 cm³/mol. The molecule has 192 valence electrons. The number of nitrogens with one attached hydrogen (secondary N) is 1. The normalized spacial score (nSPS) is 16.6. The first-order valence-corrected chi connectivity index (χ1v) is 14.1. The first-order chi connectivity index (χ1) is 16.2. The van der Waals surface area contributed by atoms with Crippen LogP contribution in [0, 0.1) is 18.6 Å². The second-order valence-electron chi connectivity index (χ2n) is 8.51. The Morgan fingerprint density at radius 1 is 1.00 bits per heavy atom. The van der Waals surface area contributed by atoms with E-state index in [9.17, 15) is 30.4 Å². The summed E-state index contributed by atoms with van der Waals surface area (Å²) in [5, 5.41) is 2.54. The largest absolute Gasteiger partial charge is 0.324 e. The average Bonchev–Trinajstić information content (AvgIpc) is 2.76. The highest BCUT2D eigenvalue weighted by atomic mass is 32.2. The third-order valence-corrected chi connectivity index (χ3v) is 9.06. The quantitative estimate of drug-likeness (QED) is 0.587. The SMILES string of the molecule is Cc1ccc(NC(=O)C(C)N(c2ccc(F)c(F)c2)S(C)(=O)=O)cc1S(=O)(=O)N1CCN(C)CC1. The Hall–Kier alpha value is -2.61. The van der Waals surface area contributed by atoms with Crippen LogP contribution in [0.5, 0.6) is 0 Å². The van der Waals surface area contributed by atoms with Gasteiger partial charge in [-0.15, -0.1) is 0 Å². The van der Waals surface area contributed by atoms with Crippen LogP contribution in [0.2, 0.25) is 0 Å². The van der Waals surface area contributed by atoms with E-state index < -0.39 is 43.6 Å². The standard InChI is InChI=1S/C22H28F2N4O5S2/c1-15-5-6-17(13-21(15)35(32,33)27-11-9-26(3)10-12-27)25-22(29)16(2)28(34(4,30)31)18-7-8-19(23)20(24)14-18/h5-8,13-14,16H,9-12H2,1-4H3,(H,25,29). The number of anilines is 2. The number of carbonyl (C=O) groups excluding carboxylic acids is 1. The van der Waals surface area contributed by atoms with E-state index in [1.54, 1.807) is 13.0 Å². The Morgan fingerprint density at radius 2 is 1.63 bits per heavy atom. The lowest BCUT2D eigenvalue weighted by atomic mass is 10.2. The molecule has 0 spiro atoms. The van der Waals surface area contributed by atoms with E-state index in [4.69, 9.17) is 0 Å². The van der Waals surface area contributed by atoms with Crippen molar-refractivity contribution in [2.45, 2.75) is 24.8 Å². The monoisotopic (exact) mass is 530 g/mol. The molecule has 2 aromatic rings. The van der Waals surface area contributed by atoms with E-state index in [2.05, 4.69) is 5.32 Å². The summed E-state index contributed by atoms with van der Waals surface area (Å²) in [4.78, 5) is 15.0. The van der Waals surface area contributed by atoms with E-state index >= 15 is 0 Å². The van der Waals surface area contributed by atoms with Gasteiger partial charge in [0.25, 0.3) is 0 Å². The van der Waals surface area contributed by atoms with Gasteiger partial charge in [-0.05, 0) is 50.7 Å². The molecule has 1 aliphatic rings. The summed E-state index contributed by atoms with van der Waals surface area (Å²) >= 11 is 0. The van der Waals surface area contributed by atoms with Gasteiger partial charge in [0, 0.05) is 37.9 Å². The van der Waals surface area contributed by atoms with Crippen molar-refractivity contribution in [1.29, 1.82) is 0 Å². The van der Waals surface area contributed by atoms with E-state index in [1.807, 2.05) is 11.9 Å². The summed E-state index contributed by atoms with van der Waals surface area (Å²) in [6, 6.07) is 5.54. The third-order valence-electron chi connectivity index (χ3n) is 5.78. The smallest absolute Gasteiger partial charge is 0.247 e. The number of aryl methyl sites for hydroxylation is 1. The first-order valence-electron chi connectivity index (χ1n) is 10.8. The number of amides is 1. The van der Waals surface area contributed by atoms with Crippen molar-refractivity contribution in [2.75, 3.05) is 49.1 Å². The molecule has 9 nitrogen and oxygen atoms in total. The van der Waals surface area contributed by atoms with Crippen LogP contribution in [0.15, 0.2) is 41.3 Å². The highest BCUT2D eigenvalue weighted by Gasteiger charge is 2.31. The average molecular weight is 531 g/mol.